The van der Waals surface area contributed by atoms with Gasteiger partial charge in [-0.15, -0.1) is 0 Å². The van der Waals surface area contributed by atoms with Crippen molar-refractivity contribution in [3.63, 3.8) is 0 Å². The Morgan fingerprint density at radius 1 is 0.344 bits per heavy atom. The zero-order chi connectivity index (χ0) is 21.6. The molecule has 5 rings (SSSR count). The van der Waals surface area contributed by atoms with E-state index in [1.165, 1.54) is 26.4 Å². The van der Waals surface area contributed by atoms with Crippen LogP contribution in [0.5, 0.6) is 0 Å². The first-order chi connectivity index (χ1) is 15.9. The molecule has 0 atom stereocenters. The molecule has 0 spiro atoms. The van der Waals surface area contributed by atoms with E-state index in [4.69, 9.17) is 9.97 Å². The van der Waals surface area contributed by atoms with E-state index in [1.807, 2.05) is 12.4 Å². The van der Waals surface area contributed by atoms with E-state index in [1.54, 1.807) is 0 Å². The normalized spacial score (nSPS) is 11.1. The minimum absolute atomic E-state index is 1.20. The summed E-state index contributed by atoms with van der Waals surface area (Å²) in [5.74, 6) is 0. The summed E-state index contributed by atoms with van der Waals surface area (Å²) in [7, 11) is 0. The first-order valence-corrected chi connectivity index (χ1v) is 16.2. The van der Waals surface area contributed by atoms with Crippen LogP contribution in [0.15, 0.2) is 134 Å². The van der Waals surface area contributed by atoms with E-state index < -0.39 is 29.3 Å². The number of rotatable bonds is 6. The average Bonchev–Trinajstić information content (AvgIpc) is 2.88. The Labute approximate surface area is 198 Å². The van der Waals surface area contributed by atoms with E-state index in [0.29, 0.717) is 0 Å². The predicted molar refractivity (Wildman–Crippen MR) is 137 cm³/mol. The Bertz CT molecular complexity index is 1080. The van der Waals surface area contributed by atoms with Crippen LogP contribution in [0.2, 0.25) is 0 Å². The van der Waals surface area contributed by atoms with Crippen molar-refractivity contribution in [3.05, 3.63) is 134 Å². The number of nitrogens with zero attached hydrogens (tertiary/aromatic N) is 2. The molecule has 0 aliphatic rings. The fourth-order valence-electron chi connectivity index (χ4n) is 3.73. The Morgan fingerprint density at radius 2 is 0.594 bits per heavy atom. The molecule has 0 aliphatic carbocycles. The van der Waals surface area contributed by atoms with Gasteiger partial charge >= 0.3 is 199 Å². The topological polar surface area (TPSA) is 25.8 Å². The van der Waals surface area contributed by atoms with E-state index >= 15 is 0 Å². The molecule has 0 fully saturated rings. The van der Waals surface area contributed by atoms with Crippen LogP contribution in [0.25, 0.3) is 0 Å². The molecule has 0 radical (unpaired) electrons. The molecular formula is C28H22As2N2. The molecule has 4 heteroatoms. The van der Waals surface area contributed by atoms with Crippen LogP contribution in [-0.2, 0) is 0 Å². The van der Waals surface area contributed by atoms with E-state index in [9.17, 15) is 0 Å². The van der Waals surface area contributed by atoms with Crippen molar-refractivity contribution in [2.45, 2.75) is 0 Å². The summed E-state index contributed by atoms with van der Waals surface area (Å²) in [6.07, 6.45) is 3.74. The molecule has 2 nitrogen and oxygen atoms in total. The van der Waals surface area contributed by atoms with E-state index in [0.717, 1.165) is 0 Å². The summed E-state index contributed by atoms with van der Waals surface area (Å²) in [6, 6.07) is 43.5. The molecule has 32 heavy (non-hydrogen) atoms. The van der Waals surface area contributed by atoms with Gasteiger partial charge in [0.1, 0.15) is 0 Å². The van der Waals surface area contributed by atoms with Crippen LogP contribution in [0.4, 0.5) is 0 Å². The first kappa shape index (κ1) is 21.0. The molecule has 4 aromatic carbocycles. The SMILES string of the molecule is c1ccc([As](c2ccccc2)c2nccnc2[As](c2ccccc2)c2ccccc2)cc1. The molecule has 0 N–H and O–H groups in total. The third-order valence-corrected chi connectivity index (χ3v) is 16.0. The van der Waals surface area contributed by atoms with Crippen molar-refractivity contribution in [1.29, 1.82) is 0 Å². The summed E-state index contributed by atoms with van der Waals surface area (Å²) in [5, 5.41) is 0. The number of hydrogen-bond donors (Lipinski definition) is 0. The quantitative estimate of drug-likeness (QED) is 0.308. The van der Waals surface area contributed by atoms with Gasteiger partial charge in [0.2, 0.25) is 0 Å². The molecule has 0 bridgehead atoms. The number of hydrogen-bond acceptors (Lipinski definition) is 2. The molecule has 0 aliphatic heterocycles. The number of benzene rings is 4. The van der Waals surface area contributed by atoms with Crippen molar-refractivity contribution in [1.82, 2.24) is 9.97 Å². The zero-order valence-electron chi connectivity index (χ0n) is 17.5. The summed E-state index contributed by atoms with van der Waals surface area (Å²) in [5.41, 5.74) is 0. The Balaban J connectivity index is 1.74. The molecule has 0 amide bonds. The maximum atomic E-state index is 5.04. The molecular weight excluding hydrogens is 514 g/mol. The molecule has 1 heterocycles. The molecule has 154 valence electrons. The second kappa shape index (κ2) is 10.1. The van der Waals surface area contributed by atoms with Crippen molar-refractivity contribution < 1.29 is 0 Å². The van der Waals surface area contributed by atoms with Crippen molar-refractivity contribution in [2.24, 2.45) is 0 Å². The van der Waals surface area contributed by atoms with Crippen LogP contribution in [0.3, 0.4) is 0 Å². The van der Waals surface area contributed by atoms with Crippen LogP contribution < -0.4 is 26.4 Å². The Kier molecular flexibility index (Phi) is 6.63. The van der Waals surface area contributed by atoms with Gasteiger partial charge in [-0.3, -0.25) is 0 Å². The van der Waals surface area contributed by atoms with Gasteiger partial charge in [0.15, 0.2) is 0 Å². The van der Waals surface area contributed by atoms with Gasteiger partial charge < -0.3 is 0 Å². The second-order valence-electron chi connectivity index (χ2n) is 7.22. The third-order valence-electron chi connectivity index (χ3n) is 5.14. The van der Waals surface area contributed by atoms with Crippen LogP contribution in [-0.4, -0.2) is 39.3 Å². The molecule has 1 aromatic heterocycles. The average molecular weight is 536 g/mol. The van der Waals surface area contributed by atoms with E-state index in [2.05, 4.69) is 121 Å². The minimum atomic E-state index is -1.88. The van der Waals surface area contributed by atoms with Crippen LogP contribution in [0, 0.1) is 0 Å². The van der Waals surface area contributed by atoms with Crippen LogP contribution in [0.1, 0.15) is 0 Å². The molecule has 0 saturated carbocycles. The summed E-state index contributed by atoms with van der Waals surface area (Å²) >= 11 is -3.76. The van der Waals surface area contributed by atoms with Gasteiger partial charge in [-0.25, -0.2) is 0 Å². The van der Waals surface area contributed by atoms with Crippen molar-refractivity contribution in [3.8, 4) is 0 Å². The van der Waals surface area contributed by atoms with Crippen molar-refractivity contribution >= 4 is 55.7 Å². The third kappa shape index (κ3) is 4.48. The summed E-state index contributed by atoms with van der Waals surface area (Å²) < 4.78 is 7.91. The predicted octanol–water partition coefficient (Wildman–Crippen LogP) is 1.51. The van der Waals surface area contributed by atoms with Crippen molar-refractivity contribution in [2.75, 3.05) is 0 Å². The van der Waals surface area contributed by atoms with Gasteiger partial charge in [-0.2, -0.15) is 0 Å². The van der Waals surface area contributed by atoms with Gasteiger partial charge in [-0.05, 0) is 0 Å². The zero-order valence-corrected chi connectivity index (χ0v) is 21.2. The Morgan fingerprint density at radius 3 is 0.844 bits per heavy atom. The van der Waals surface area contributed by atoms with Gasteiger partial charge in [-0.1, -0.05) is 0 Å². The molecule has 5 aromatic rings. The number of aromatic nitrogens is 2. The maximum absolute atomic E-state index is 5.04. The molecule has 0 saturated heterocycles. The summed E-state index contributed by atoms with van der Waals surface area (Å²) in [6.45, 7) is 0. The Hall–Kier alpha value is -2.92. The van der Waals surface area contributed by atoms with Gasteiger partial charge in [0, 0.05) is 0 Å². The summed E-state index contributed by atoms with van der Waals surface area (Å²) in [4.78, 5) is 10.1. The standard InChI is InChI=1S/C28H22As2N2/c1-5-13-23(14-6-1)29(24-15-7-2-8-16-24)27-28(32-22-21-31-27)30(25-17-9-3-10-18-25)26-19-11-4-12-20-26/h1-22H. The van der Waals surface area contributed by atoms with Crippen LogP contribution >= 0.6 is 0 Å². The molecule has 0 unspecified atom stereocenters. The first-order valence-electron chi connectivity index (χ1n) is 10.5. The second-order valence-corrected chi connectivity index (χ2v) is 16.1. The monoisotopic (exact) mass is 536 g/mol. The fraction of sp³-hybridized carbons (Fsp3) is 0. The fourth-order valence-corrected chi connectivity index (χ4v) is 15.0. The van der Waals surface area contributed by atoms with E-state index in [-0.39, 0.29) is 0 Å². The van der Waals surface area contributed by atoms with Gasteiger partial charge in [0.25, 0.3) is 0 Å². The van der Waals surface area contributed by atoms with Gasteiger partial charge in [0.05, 0.1) is 0 Å².